The number of hydrogen-bond acceptors (Lipinski definition) is 3. The Hall–Kier alpha value is -2.46. The highest BCUT2D eigenvalue weighted by atomic mass is 32.1. The predicted octanol–water partition coefficient (Wildman–Crippen LogP) is 5.58. The van der Waals surface area contributed by atoms with Gasteiger partial charge in [-0.2, -0.15) is 0 Å². The lowest BCUT2D eigenvalue weighted by Gasteiger charge is -2.06. The Bertz CT molecular complexity index is 838. The molecule has 1 aromatic heterocycles. The monoisotopic (exact) mass is 364 g/mol. The number of amides is 1. The highest BCUT2D eigenvalue weighted by Gasteiger charge is 2.08. The van der Waals surface area contributed by atoms with Crippen LogP contribution in [-0.2, 0) is 17.6 Å². The van der Waals surface area contributed by atoms with Crippen molar-refractivity contribution in [3.8, 4) is 11.3 Å². The van der Waals surface area contributed by atoms with Gasteiger partial charge in [0.25, 0.3) is 0 Å². The van der Waals surface area contributed by atoms with Gasteiger partial charge in [-0.25, -0.2) is 4.98 Å². The fourth-order valence-electron chi connectivity index (χ4n) is 2.83. The molecular formula is C22H24N2OS. The number of carbonyl (C=O) groups excluding carboxylic acids is 1. The number of thiazole rings is 1. The zero-order valence-electron chi connectivity index (χ0n) is 15.2. The molecule has 1 amide bonds. The lowest BCUT2D eigenvalue weighted by atomic mass is 10.0. The van der Waals surface area contributed by atoms with E-state index in [-0.39, 0.29) is 5.91 Å². The molecule has 3 rings (SSSR count). The van der Waals surface area contributed by atoms with Crippen molar-refractivity contribution in [3.05, 3.63) is 71.1 Å². The second-order valence-electron chi connectivity index (χ2n) is 6.87. The quantitative estimate of drug-likeness (QED) is 0.594. The third-order valence-electron chi connectivity index (χ3n) is 4.13. The molecule has 1 N–H and O–H groups in total. The minimum Gasteiger partial charge on any atom is -0.302 e. The van der Waals surface area contributed by atoms with E-state index in [2.05, 4.69) is 48.4 Å². The third kappa shape index (κ3) is 5.27. The molecule has 0 saturated heterocycles. The first-order valence-corrected chi connectivity index (χ1v) is 9.87. The van der Waals surface area contributed by atoms with Gasteiger partial charge in [0, 0.05) is 17.4 Å². The second-order valence-corrected chi connectivity index (χ2v) is 7.72. The summed E-state index contributed by atoms with van der Waals surface area (Å²) in [5, 5.41) is 5.53. The molecule has 0 radical (unpaired) electrons. The van der Waals surface area contributed by atoms with E-state index in [0.717, 1.165) is 24.1 Å². The average Bonchev–Trinajstić information content (AvgIpc) is 3.10. The molecule has 0 unspecified atom stereocenters. The van der Waals surface area contributed by atoms with Crippen LogP contribution in [0.3, 0.4) is 0 Å². The van der Waals surface area contributed by atoms with Crippen molar-refractivity contribution in [2.75, 3.05) is 5.32 Å². The number of anilines is 1. The van der Waals surface area contributed by atoms with Gasteiger partial charge in [0.2, 0.25) is 5.91 Å². The van der Waals surface area contributed by atoms with E-state index in [1.54, 1.807) is 0 Å². The largest absolute Gasteiger partial charge is 0.302 e. The number of rotatable bonds is 7. The Morgan fingerprint density at radius 1 is 1.04 bits per heavy atom. The van der Waals surface area contributed by atoms with Gasteiger partial charge in [-0.3, -0.25) is 4.79 Å². The Kier molecular flexibility index (Phi) is 6.18. The molecule has 0 fully saturated rings. The molecule has 0 aliphatic carbocycles. The van der Waals surface area contributed by atoms with Gasteiger partial charge in [-0.1, -0.05) is 68.4 Å². The van der Waals surface area contributed by atoms with E-state index in [0.29, 0.717) is 17.5 Å². The van der Waals surface area contributed by atoms with Gasteiger partial charge in [0.05, 0.1) is 5.69 Å². The maximum absolute atomic E-state index is 12.2. The maximum atomic E-state index is 12.2. The Balaban J connectivity index is 1.51. The number of aryl methyl sites for hydroxylation is 1. The van der Waals surface area contributed by atoms with Crippen molar-refractivity contribution in [1.82, 2.24) is 4.98 Å². The Labute approximate surface area is 159 Å². The van der Waals surface area contributed by atoms with Crippen LogP contribution in [0.2, 0.25) is 0 Å². The molecule has 0 bridgehead atoms. The molecule has 2 aromatic carbocycles. The summed E-state index contributed by atoms with van der Waals surface area (Å²) in [6.07, 6.45) is 2.29. The van der Waals surface area contributed by atoms with Crippen molar-refractivity contribution in [2.45, 2.75) is 33.1 Å². The predicted molar refractivity (Wildman–Crippen MR) is 109 cm³/mol. The molecule has 134 valence electrons. The SMILES string of the molecule is CC(C)Cc1ccc(CCC(=O)Nc2nc(-c3ccccc3)cs2)cc1. The van der Waals surface area contributed by atoms with Crippen molar-refractivity contribution in [3.63, 3.8) is 0 Å². The van der Waals surface area contributed by atoms with Gasteiger partial charge < -0.3 is 5.32 Å². The summed E-state index contributed by atoms with van der Waals surface area (Å²) in [5.74, 6) is 0.663. The fourth-order valence-corrected chi connectivity index (χ4v) is 3.56. The lowest BCUT2D eigenvalue weighted by molar-refractivity contribution is -0.116. The van der Waals surface area contributed by atoms with Crippen molar-refractivity contribution >= 4 is 22.4 Å². The zero-order valence-corrected chi connectivity index (χ0v) is 16.1. The van der Waals surface area contributed by atoms with Crippen LogP contribution in [0.25, 0.3) is 11.3 Å². The molecule has 26 heavy (non-hydrogen) atoms. The van der Waals surface area contributed by atoms with Crippen LogP contribution in [0, 0.1) is 5.92 Å². The molecule has 0 aliphatic heterocycles. The number of benzene rings is 2. The smallest absolute Gasteiger partial charge is 0.226 e. The number of nitrogens with one attached hydrogen (secondary N) is 1. The number of carbonyl (C=O) groups is 1. The van der Waals surface area contributed by atoms with E-state index in [4.69, 9.17) is 0 Å². The standard InChI is InChI=1S/C22H24N2OS/c1-16(2)14-18-10-8-17(9-11-18)12-13-21(25)24-22-23-20(15-26-22)19-6-4-3-5-7-19/h3-11,15-16H,12-14H2,1-2H3,(H,23,24,25). The molecule has 4 heteroatoms. The lowest BCUT2D eigenvalue weighted by Crippen LogP contribution is -2.12. The highest BCUT2D eigenvalue weighted by molar-refractivity contribution is 7.14. The normalized spacial score (nSPS) is 10.9. The minimum atomic E-state index is 0.00483. The molecule has 3 nitrogen and oxygen atoms in total. The van der Waals surface area contributed by atoms with Gasteiger partial charge in [-0.05, 0) is 29.9 Å². The summed E-state index contributed by atoms with van der Waals surface area (Å²) in [6, 6.07) is 18.6. The highest BCUT2D eigenvalue weighted by Crippen LogP contribution is 2.24. The molecule has 0 atom stereocenters. The second kappa shape index (κ2) is 8.77. The Morgan fingerprint density at radius 2 is 1.73 bits per heavy atom. The van der Waals surface area contributed by atoms with Crippen molar-refractivity contribution in [1.29, 1.82) is 0 Å². The van der Waals surface area contributed by atoms with Crippen LogP contribution in [0.15, 0.2) is 60.0 Å². The maximum Gasteiger partial charge on any atom is 0.226 e. The summed E-state index contributed by atoms with van der Waals surface area (Å²) >= 11 is 1.46. The molecule has 0 spiro atoms. The summed E-state index contributed by atoms with van der Waals surface area (Å²) in [7, 11) is 0. The van der Waals surface area contributed by atoms with Crippen LogP contribution >= 0.6 is 11.3 Å². The first-order valence-electron chi connectivity index (χ1n) is 8.99. The summed E-state index contributed by atoms with van der Waals surface area (Å²) in [4.78, 5) is 16.7. The van der Waals surface area contributed by atoms with Crippen LogP contribution in [-0.4, -0.2) is 10.9 Å². The average molecular weight is 365 g/mol. The van der Waals surface area contributed by atoms with Gasteiger partial charge in [-0.15, -0.1) is 11.3 Å². The molecule has 0 aliphatic rings. The van der Waals surface area contributed by atoms with E-state index >= 15 is 0 Å². The fraction of sp³-hybridized carbons (Fsp3) is 0.273. The third-order valence-corrected chi connectivity index (χ3v) is 4.89. The van der Waals surface area contributed by atoms with Gasteiger partial charge >= 0.3 is 0 Å². The zero-order chi connectivity index (χ0) is 18.4. The minimum absolute atomic E-state index is 0.00483. The number of hydrogen-bond donors (Lipinski definition) is 1. The van der Waals surface area contributed by atoms with Crippen LogP contribution < -0.4 is 5.32 Å². The molecule has 1 heterocycles. The first kappa shape index (κ1) is 18.3. The summed E-state index contributed by atoms with van der Waals surface area (Å²) in [6.45, 7) is 4.44. The van der Waals surface area contributed by atoms with Crippen LogP contribution in [0.1, 0.15) is 31.4 Å². The van der Waals surface area contributed by atoms with Crippen molar-refractivity contribution < 1.29 is 4.79 Å². The summed E-state index contributed by atoms with van der Waals surface area (Å²) < 4.78 is 0. The summed E-state index contributed by atoms with van der Waals surface area (Å²) in [5.41, 5.74) is 4.50. The number of aromatic nitrogens is 1. The first-order chi connectivity index (χ1) is 12.6. The molecular weight excluding hydrogens is 340 g/mol. The molecule has 0 saturated carbocycles. The molecule has 3 aromatic rings. The van der Waals surface area contributed by atoms with Gasteiger partial charge in [0.15, 0.2) is 5.13 Å². The number of nitrogens with zero attached hydrogens (tertiary/aromatic N) is 1. The Morgan fingerprint density at radius 3 is 2.42 bits per heavy atom. The van der Waals surface area contributed by atoms with E-state index in [1.807, 2.05) is 35.7 Å². The topological polar surface area (TPSA) is 42.0 Å². The van der Waals surface area contributed by atoms with Crippen molar-refractivity contribution in [2.24, 2.45) is 5.92 Å². The van der Waals surface area contributed by atoms with E-state index in [1.165, 1.54) is 22.5 Å². The van der Waals surface area contributed by atoms with E-state index < -0.39 is 0 Å². The van der Waals surface area contributed by atoms with Gasteiger partial charge in [0.1, 0.15) is 0 Å². The van der Waals surface area contributed by atoms with Crippen LogP contribution in [0.5, 0.6) is 0 Å². The van der Waals surface area contributed by atoms with E-state index in [9.17, 15) is 4.79 Å². The van der Waals surface area contributed by atoms with Crippen LogP contribution in [0.4, 0.5) is 5.13 Å².